The van der Waals surface area contributed by atoms with Gasteiger partial charge in [-0.05, 0) is 39.8 Å². The third-order valence-electron chi connectivity index (χ3n) is 3.86. The maximum Gasteiger partial charge on any atom is 0.410 e. The Labute approximate surface area is 145 Å². The van der Waals surface area contributed by atoms with Crippen molar-refractivity contribution in [2.45, 2.75) is 39.3 Å². The first-order valence-corrected chi connectivity index (χ1v) is 7.96. The molecule has 1 aromatic carbocycles. The van der Waals surface area contributed by atoms with Crippen molar-refractivity contribution < 1.29 is 28.2 Å². The van der Waals surface area contributed by atoms with Gasteiger partial charge in [-0.25, -0.2) is 18.4 Å². The molecule has 138 valence electrons. The van der Waals surface area contributed by atoms with Crippen molar-refractivity contribution in [1.82, 2.24) is 4.90 Å². The quantitative estimate of drug-likeness (QED) is 0.882. The second kappa shape index (κ2) is 6.85. The minimum Gasteiger partial charge on any atom is -0.477 e. The number of hydrogen-bond acceptors (Lipinski definition) is 4. The number of anilines is 1. The lowest BCUT2D eigenvalue weighted by molar-refractivity contribution is 0.0158. The predicted octanol–water partition coefficient (Wildman–Crippen LogP) is 3.11. The van der Waals surface area contributed by atoms with Crippen LogP contribution in [-0.4, -0.2) is 53.3 Å². The molecule has 1 amide bonds. The average molecular weight is 356 g/mol. The lowest BCUT2D eigenvalue weighted by Gasteiger charge is -2.41. The predicted molar refractivity (Wildman–Crippen MR) is 87.9 cm³/mol. The Bertz CT molecular complexity index is 665. The highest BCUT2D eigenvalue weighted by Gasteiger charge is 2.31. The van der Waals surface area contributed by atoms with Gasteiger partial charge in [0.2, 0.25) is 0 Å². The number of piperazine rings is 1. The summed E-state index contributed by atoms with van der Waals surface area (Å²) in [5.74, 6) is -3.89. The number of carbonyl (C=O) groups excluding carboxylic acids is 1. The van der Waals surface area contributed by atoms with Gasteiger partial charge in [0.05, 0.1) is 0 Å². The van der Waals surface area contributed by atoms with Crippen molar-refractivity contribution in [3.63, 3.8) is 0 Å². The van der Waals surface area contributed by atoms with Crippen LogP contribution >= 0.6 is 0 Å². The maximum atomic E-state index is 13.9. The fourth-order valence-electron chi connectivity index (χ4n) is 2.73. The molecular formula is C17H22F2N2O4. The van der Waals surface area contributed by atoms with Crippen molar-refractivity contribution in [3.8, 4) is 0 Å². The van der Waals surface area contributed by atoms with E-state index in [0.717, 1.165) is 12.1 Å². The van der Waals surface area contributed by atoms with E-state index in [-0.39, 0.29) is 11.7 Å². The van der Waals surface area contributed by atoms with E-state index < -0.39 is 34.9 Å². The topological polar surface area (TPSA) is 70.1 Å². The van der Waals surface area contributed by atoms with E-state index in [1.54, 1.807) is 30.6 Å². The van der Waals surface area contributed by atoms with Crippen molar-refractivity contribution in [2.75, 3.05) is 24.5 Å². The molecule has 1 aromatic rings. The molecule has 6 nitrogen and oxygen atoms in total. The second-order valence-electron chi connectivity index (χ2n) is 7.06. The van der Waals surface area contributed by atoms with Crippen LogP contribution in [0.1, 0.15) is 38.1 Å². The van der Waals surface area contributed by atoms with Gasteiger partial charge in [0.25, 0.3) is 0 Å². The van der Waals surface area contributed by atoms with Gasteiger partial charge in [-0.2, -0.15) is 0 Å². The van der Waals surface area contributed by atoms with Gasteiger partial charge in [-0.1, -0.05) is 0 Å². The summed E-state index contributed by atoms with van der Waals surface area (Å²) in [6.07, 6.45) is -0.432. The van der Waals surface area contributed by atoms with Gasteiger partial charge in [-0.15, -0.1) is 0 Å². The zero-order valence-electron chi connectivity index (χ0n) is 14.7. The standard InChI is InChI=1S/C17H22F2N2O4/c1-10-9-20(5-6-21(10)16(24)25-17(2,3)4)11-7-12(18)14(15(22)23)13(19)8-11/h7-8,10H,5-6,9H2,1-4H3,(H,22,23)/t10-/m1/s1. The Morgan fingerprint density at radius 3 is 2.20 bits per heavy atom. The van der Waals surface area contributed by atoms with Crippen molar-refractivity contribution >= 4 is 17.7 Å². The zero-order valence-corrected chi connectivity index (χ0v) is 14.7. The zero-order chi connectivity index (χ0) is 18.9. The highest BCUT2D eigenvalue weighted by molar-refractivity contribution is 5.88. The molecular weight excluding hydrogens is 334 g/mol. The molecule has 0 saturated carbocycles. The van der Waals surface area contributed by atoms with E-state index >= 15 is 0 Å². The van der Waals surface area contributed by atoms with Gasteiger partial charge < -0.3 is 19.6 Å². The Hall–Kier alpha value is -2.38. The minimum atomic E-state index is -1.65. The Balaban J connectivity index is 2.13. The number of amides is 1. The third-order valence-corrected chi connectivity index (χ3v) is 3.86. The number of aromatic carboxylic acids is 1. The Kier molecular flexibility index (Phi) is 5.20. The lowest BCUT2D eigenvalue weighted by atomic mass is 10.1. The van der Waals surface area contributed by atoms with E-state index in [1.165, 1.54) is 0 Å². The Morgan fingerprint density at radius 2 is 1.76 bits per heavy atom. The van der Waals surface area contributed by atoms with Crippen LogP contribution in [0.25, 0.3) is 0 Å². The molecule has 1 fully saturated rings. The van der Waals surface area contributed by atoms with Crippen LogP contribution in [0.2, 0.25) is 0 Å². The first kappa shape index (κ1) is 19.0. The molecule has 2 rings (SSSR count). The largest absolute Gasteiger partial charge is 0.477 e. The molecule has 8 heteroatoms. The molecule has 1 heterocycles. The SMILES string of the molecule is C[C@@H]1CN(c2cc(F)c(C(=O)O)c(F)c2)CCN1C(=O)OC(C)(C)C. The maximum absolute atomic E-state index is 13.9. The van der Waals surface area contributed by atoms with E-state index in [0.29, 0.717) is 19.6 Å². The molecule has 0 unspecified atom stereocenters. The fraction of sp³-hybridized carbons (Fsp3) is 0.529. The fourth-order valence-corrected chi connectivity index (χ4v) is 2.73. The Morgan fingerprint density at radius 1 is 1.20 bits per heavy atom. The van der Waals surface area contributed by atoms with Gasteiger partial charge in [0.1, 0.15) is 22.8 Å². The summed E-state index contributed by atoms with van der Waals surface area (Å²) in [4.78, 5) is 26.3. The minimum absolute atomic E-state index is 0.228. The molecule has 1 N–H and O–H groups in total. The van der Waals surface area contributed by atoms with Crippen LogP contribution in [0, 0.1) is 11.6 Å². The van der Waals surface area contributed by atoms with Gasteiger partial charge >= 0.3 is 12.1 Å². The number of carboxylic acids is 1. The molecule has 25 heavy (non-hydrogen) atoms. The third kappa shape index (κ3) is 4.37. The van der Waals surface area contributed by atoms with Gasteiger partial charge in [0.15, 0.2) is 0 Å². The smallest absolute Gasteiger partial charge is 0.410 e. The summed E-state index contributed by atoms with van der Waals surface area (Å²) in [6, 6.07) is 1.78. The monoisotopic (exact) mass is 356 g/mol. The van der Waals surface area contributed by atoms with Crippen LogP contribution in [0.3, 0.4) is 0 Å². The molecule has 0 bridgehead atoms. The number of benzene rings is 1. The van der Waals surface area contributed by atoms with E-state index in [9.17, 15) is 18.4 Å². The summed E-state index contributed by atoms with van der Waals surface area (Å²) >= 11 is 0. The molecule has 1 saturated heterocycles. The van der Waals surface area contributed by atoms with Crippen molar-refractivity contribution in [3.05, 3.63) is 29.3 Å². The van der Waals surface area contributed by atoms with Gasteiger partial charge in [-0.3, -0.25) is 0 Å². The summed E-state index contributed by atoms with van der Waals surface area (Å²) in [5, 5.41) is 8.83. The number of halogens is 2. The molecule has 0 aromatic heterocycles. The normalized spacial score (nSPS) is 18.2. The van der Waals surface area contributed by atoms with Crippen LogP contribution in [-0.2, 0) is 4.74 Å². The number of nitrogens with zero attached hydrogens (tertiary/aromatic N) is 2. The number of rotatable bonds is 2. The van der Waals surface area contributed by atoms with Crippen LogP contribution < -0.4 is 4.90 Å². The molecule has 0 spiro atoms. The highest BCUT2D eigenvalue weighted by atomic mass is 19.1. The summed E-state index contributed by atoms with van der Waals surface area (Å²) in [5.41, 5.74) is -1.33. The molecule has 0 radical (unpaired) electrons. The van der Waals surface area contributed by atoms with Crippen LogP contribution in [0.4, 0.5) is 19.3 Å². The van der Waals surface area contributed by atoms with Crippen molar-refractivity contribution in [2.24, 2.45) is 0 Å². The first-order valence-electron chi connectivity index (χ1n) is 7.96. The average Bonchev–Trinajstić information content (AvgIpc) is 2.43. The van der Waals surface area contributed by atoms with Gasteiger partial charge in [0, 0.05) is 31.4 Å². The van der Waals surface area contributed by atoms with E-state index in [1.807, 2.05) is 6.92 Å². The van der Waals surface area contributed by atoms with Crippen LogP contribution in [0.5, 0.6) is 0 Å². The van der Waals surface area contributed by atoms with E-state index in [2.05, 4.69) is 0 Å². The molecule has 1 aliphatic rings. The summed E-state index contributed by atoms with van der Waals surface area (Å²) in [7, 11) is 0. The summed E-state index contributed by atoms with van der Waals surface area (Å²) in [6.45, 7) is 8.19. The number of carboxylic acid groups (broad SMARTS) is 1. The highest BCUT2D eigenvalue weighted by Crippen LogP contribution is 2.25. The first-order chi connectivity index (χ1) is 11.5. The number of ether oxygens (including phenoxy) is 1. The number of carbonyl (C=O) groups is 2. The van der Waals surface area contributed by atoms with Crippen LogP contribution in [0.15, 0.2) is 12.1 Å². The lowest BCUT2D eigenvalue weighted by Crippen LogP contribution is -2.55. The molecule has 0 aliphatic carbocycles. The van der Waals surface area contributed by atoms with Crippen molar-refractivity contribution in [1.29, 1.82) is 0 Å². The molecule has 1 aliphatic heterocycles. The second-order valence-corrected chi connectivity index (χ2v) is 7.06. The summed E-state index contributed by atoms with van der Waals surface area (Å²) < 4.78 is 33.1. The van der Waals surface area contributed by atoms with E-state index in [4.69, 9.17) is 9.84 Å². The molecule has 1 atom stereocenters. The number of hydrogen-bond donors (Lipinski definition) is 1.